The molecule has 17 heavy (non-hydrogen) atoms. The van der Waals surface area contributed by atoms with Gasteiger partial charge in [0.05, 0.1) is 16.9 Å². The Bertz CT molecular complexity index is 570. The molecule has 0 radical (unpaired) electrons. The first-order valence-corrected chi connectivity index (χ1v) is 6.10. The number of nitriles is 1. The van der Waals surface area contributed by atoms with E-state index in [1.807, 2.05) is 36.4 Å². The Kier molecular flexibility index (Phi) is 3.49. The number of halogens is 1. The summed E-state index contributed by atoms with van der Waals surface area (Å²) < 4.78 is 1.17. The van der Waals surface area contributed by atoms with Crippen molar-refractivity contribution in [1.29, 1.82) is 5.26 Å². The fourth-order valence-electron chi connectivity index (χ4n) is 1.46. The topological polar surface area (TPSA) is 61.8 Å². The Morgan fingerprint density at radius 1 is 1.12 bits per heavy atom. The Morgan fingerprint density at radius 2 is 1.82 bits per heavy atom. The third kappa shape index (κ3) is 2.68. The summed E-state index contributed by atoms with van der Waals surface area (Å²) in [5, 5.41) is 12.1. The molecule has 0 aliphatic heterocycles. The molecule has 0 spiro atoms. The highest BCUT2D eigenvalue weighted by Crippen LogP contribution is 2.26. The highest BCUT2D eigenvalue weighted by Gasteiger charge is 2.04. The van der Waals surface area contributed by atoms with Gasteiger partial charge in [-0.2, -0.15) is 5.26 Å². The molecule has 0 aliphatic rings. The number of nitrogens with two attached hydrogens (primary N) is 1. The molecule has 4 heteroatoms. The van der Waals surface area contributed by atoms with Crippen LogP contribution in [-0.4, -0.2) is 0 Å². The van der Waals surface area contributed by atoms with E-state index >= 15 is 0 Å². The number of nitrogen functional groups attached to an aromatic ring is 1. The van der Waals surface area contributed by atoms with E-state index in [4.69, 9.17) is 11.0 Å². The van der Waals surface area contributed by atoms with Crippen molar-refractivity contribution in [2.75, 3.05) is 11.1 Å². The van der Waals surface area contributed by atoms with E-state index in [1.54, 1.807) is 6.07 Å². The highest BCUT2D eigenvalue weighted by molar-refractivity contribution is 14.1. The number of hydrogen-bond acceptors (Lipinski definition) is 3. The van der Waals surface area contributed by atoms with Crippen molar-refractivity contribution in [3.05, 3.63) is 51.6 Å². The lowest BCUT2D eigenvalue weighted by Gasteiger charge is -2.10. The van der Waals surface area contributed by atoms with Gasteiger partial charge in [0.2, 0.25) is 0 Å². The van der Waals surface area contributed by atoms with Gasteiger partial charge in [0.1, 0.15) is 6.07 Å². The van der Waals surface area contributed by atoms with Crippen LogP contribution >= 0.6 is 22.6 Å². The van der Waals surface area contributed by atoms with Crippen molar-refractivity contribution in [2.45, 2.75) is 0 Å². The minimum Gasteiger partial charge on any atom is -0.396 e. The van der Waals surface area contributed by atoms with Crippen LogP contribution in [0.25, 0.3) is 0 Å². The third-order valence-electron chi connectivity index (χ3n) is 2.35. The zero-order chi connectivity index (χ0) is 12.3. The predicted octanol–water partition coefficient (Wildman–Crippen LogP) is 3.49. The number of nitrogens with zero attached hydrogens (tertiary/aromatic N) is 1. The van der Waals surface area contributed by atoms with Crippen molar-refractivity contribution in [2.24, 2.45) is 0 Å². The summed E-state index contributed by atoms with van der Waals surface area (Å²) in [6.45, 7) is 0. The van der Waals surface area contributed by atoms with Crippen LogP contribution in [0.15, 0.2) is 42.5 Å². The summed E-state index contributed by atoms with van der Waals surface area (Å²) in [7, 11) is 0. The van der Waals surface area contributed by atoms with Crippen LogP contribution in [-0.2, 0) is 0 Å². The third-order valence-corrected chi connectivity index (χ3v) is 3.07. The maximum absolute atomic E-state index is 8.89. The van der Waals surface area contributed by atoms with Gasteiger partial charge in [0, 0.05) is 9.26 Å². The lowest BCUT2D eigenvalue weighted by molar-refractivity contribution is 1.47. The minimum atomic E-state index is 0.480. The standard InChI is InChI=1S/C13H10IN3/c14-10-4-6-11(7-5-10)17-12-3-1-2-9(8-15)13(12)16/h1-7,17H,16H2. The molecule has 3 N–H and O–H groups in total. The van der Waals surface area contributed by atoms with Crippen molar-refractivity contribution >= 4 is 39.7 Å². The molecular weight excluding hydrogens is 325 g/mol. The first-order valence-electron chi connectivity index (χ1n) is 5.02. The van der Waals surface area contributed by atoms with Crippen LogP contribution in [0.5, 0.6) is 0 Å². The van der Waals surface area contributed by atoms with Gasteiger partial charge in [-0.05, 0) is 59.0 Å². The van der Waals surface area contributed by atoms with Gasteiger partial charge in [0.25, 0.3) is 0 Å². The van der Waals surface area contributed by atoms with Crippen LogP contribution in [0, 0.1) is 14.9 Å². The maximum Gasteiger partial charge on any atom is 0.101 e. The van der Waals surface area contributed by atoms with Crippen LogP contribution in [0.1, 0.15) is 5.56 Å². The summed E-state index contributed by atoms with van der Waals surface area (Å²) in [6, 6.07) is 15.4. The molecule has 2 aromatic carbocycles. The number of para-hydroxylation sites is 1. The molecule has 3 nitrogen and oxygen atoms in total. The molecule has 0 saturated carbocycles. The Morgan fingerprint density at radius 3 is 2.47 bits per heavy atom. The summed E-state index contributed by atoms with van der Waals surface area (Å²) >= 11 is 2.25. The molecule has 0 amide bonds. The predicted molar refractivity (Wildman–Crippen MR) is 78.0 cm³/mol. The molecular formula is C13H10IN3. The molecule has 0 unspecified atom stereocenters. The lowest BCUT2D eigenvalue weighted by Crippen LogP contribution is -1.98. The van der Waals surface area contributed by atoms with Gasteiger partial charge in [-0.15, -0.1) is 0 Å². The van der Waals surface area contributed by atoms with Gasteiger partial charge in [-0.25, -0.2) is 0 Å². The van der Waals surface area contributed by atoms with Crippen molar-refractivity contribution in [1.82, 2.24) is 0 Å². The second kappa shape index (κ2) is 5.06. The Labute approximate surface area is 113 Å². The van der Waals surface area contributed by atoms with Crippen molar-refractivity contribution < 1.29 is 0 Å². The largest absolute Gasteiger partial charge is 0.396 e. The average molecular weight is 335 g/mol. The van der Waals surface area contributed by atoms with E-state index in [2.05, 4.69) is 34.0 Å². The van der Waals surface area contributed by atoms with Gasteiger partial charge in [-0.3, -0.25) is 0 Å². The summed E-state index contributed by atoms with van der Waals surface area (Å²) in [6.07, 6.45) is 0. The number of hydrogen-bond donors (Lipinski definition) is 2. The second-order valence-corrected chi connectivity index (χ2v) is 4.76. The van der Waals surface area contributed by atoms with Gasteiger partial charge < -0.3 is 11.1 Å². The number of anilines is 3. The number of rotatable bonds is 2. The van der Waals surface area contributed by atoms with E-state index in [0.717, 1.165) is 11.4 Å². The molecule has 0 saturated heterocycles. The molecule has 84 valence electrons. The highest BCUT2D eigenvalue weighted by atomic mass is 127. The number of benzene rings is 2. The fourth-order valence-corrected chi connectivity index (χ4v) is 1.82. The van der Waals surface area contributed by atoms with Crippen LogP contribution < -0.4 is 11.1 Å². The van der Waals surface area contributed by atoms with E-state index in [0.29, 0.717) is 11.3 Å². The zero-order valence-electron chi connectivity index (χ0n) is 8.94. The maximum atomic E-state index is 8.89. The molecule has 2 aromatic rings. The zero-order valence-corrected chi connectivity index (χ0v) is 11.1. The van der Waals surface area contributed by atoms with Gasteiger partial charge in [0.15, 0.2) is 0 Å². The first-order chi connectivity index (χ1) is 8.20. The van der Waals surface area contributed by atoms with E-state index in [-0.39, 0.29) is 0 Å². The summed E-state index contributed by atoms with van der Waals surface area (Å²) in [5.74, 6) is 0. The molecule has 0 heterocycles. The molecule has 0 atom stereocenters. The fraction of sp³-hybridized carbons (Fsp3) is 0. The Hall–Kier alpha value is -1.74. The minimum absolute atomic E-state index is 0.480. The molecule has 0 bridgehead atoms. The lowest BCUT2D eigenvalue weighted by atomic mass is 10.1. The Balaban J connectivity index is 2.31. The monoisotopic (exact) mass is 335 g/mol. The van der Waals surface area contributed by atoms with Crippen molar-refractivity contribution in [3.63, 3.8) is 0 Å². The summed E-state index contributed by atoms with van der Waals surface area (Å²) in [4.78, 5) is 0. The van der Waals surface area contributed by atoms with Crippen LogP contribution in [0.3, 0.4) is 0 Å². The first kappa shape index (κ1) is 11.7. The van der Waals surface area contributed by atoms with E-state index < -0.39 is 0 Å². The average Bonchev–Trinajstić information content (AvgIpc) is 2.35. The summed E-state index contributed by atoms with van der Waals surface area (Å²) in [5.41, 5.74) is 8.56. The van der Waals surface area contributed by atoms with Crippen LogP contribution in [0.2, 0.25) is 0 Å². The molecule has 0 aromatic heterocycles. The van der Waals surface area contributed by atoms with Gasteiger partial charge in [-0.1, -0.05) is 6.07 Å². The smallest absolute Gasteiger partial charge is 0.101 e. The quantitative estimate of drug-likeness (QED) is 0.652. The molecule has 0 fully saturated rings. The SMILES string of the molecule is N#Cc1cccc(Nc2ccc(I)cc2)c1N. The molecule has 2 rings (SSSR count). The van der Waals surface area contributed by atoms with Crippen LogP contribution in [0.4, 0.5) is 17.1 Å². The van der Waals surface area contributed by atoms with Gasteiger partial charge >= 0.3 is 0 Å². The van der Waals surface area contributed by atoms with E-state index in [1.165, 1.54) is 3.57 Å². The normalized spacial score (nSPS) is 9.65. The van der Waals surface area contributed by atoms with Crippen molar-refractivity contribution in [3.8, 4) is 6.07 Å². The second-order valence-electron chi connectivity index (χ2n) is 3.51. The number of nitrogens with one attached hydrogen (secondary N) is 1. The van der Waals surface area contributed by atoms with E-state index in [9.17, 15) is 0 Å². The molecule has 0 aliphatic carbocycles.